The quantitative estimate of drug-likeness (QED) is 0.511. The van der Waals surface area contributed by atoms with Crippen LogP contribution in [0.1, 0.15) is 5.56 Å². The van der Waals surface area contributed by atoms with E-state index >= 15 is 0 Å². The van der Waals surface area contributed by atoms with Gasteiger partial charge < -0.3 is 25.4 Å². The molecule has 0 fully saturated rings. The average Bonchev–Trinajstić information content (AvgIpc) is 2.69. The smallest absolute Gasteiger partial charge is 0.243 e. The standard InChI is InChI=1S/C19H23FN4O3/c1-21-19(22-11-13-4-9-16(26-2)10-17(13)27-3)23-12-18(25)24-15-7-5-14(20)6-8-15/h4-10H,11-12H2,1-3H3,(H,24,25)(H2,21,22,23). The minimum absolute atomic E-state index is 0.0107. The van der Waals surface area contributed by atoms with Gasteiger partial charge in [-0.25, -0.2) is 4.39 Å². The molecule has 0 bridgehead atoms. The number of carbonyl (C=O) groups is 1. The van der Waals surface area contributed by atoms with Gasteiger partial charge in [-0.05, 0) is 36.4 Å². The molecule has 0 heterocycles. The number of halogens is 1. The highest BCUT2D eigenvalue weighted by Gasteiger charge is 2.08. The zero-order valence-electron chi connectivity index (χ0n) is 15.5. The van der Waals surface area contributed by atoms with Gasteiger partial charge in [-0.15, -0.1) is 0 Å². The Morgan fingerprint density at radius 3 is 2.44 bits per heavy atom. The Kier molecular flexibility index (Phi) is 7.42. The lowest BCUT2D eigenvalue weighted by Crippen LogP contribution is -2.41. The molecule has 144 valence electrons. The van der Waals surface area contributed by atoms with E-state index in [1.807, 2.05) is 12.1 Å². The van der Waals surface area contributed by atoms with Crippen molar-refractivity contribution in [2.75, 3.05) is 33.1 Å². The van der Waals surface area contributed by atoms with Crippen LogP contribution in [-0.2, 0) is 11.3 Å². The molecule has 0 unspecified atom stereocenters. The van der Waals surface area contributed by atoms with Crippen molar-refractivity contribution in [3.63, 3.8) is 0 Å². The summed E-state index contributed by atoms with van der Waals surface area (Å²) in [7, 11) is 4.79. The van der Waals surface area contributed by atoms with Crippen molar-refractivity contribution in [2.24, 2.45) is 4.99 Å². The van der Waals surface area contributed by atoms with Gasteiger partial charge in [0.1, 0.15) is 17.3 Å². The molecule has 0 aromatic heterocycles. The fraction of sp³-hybridized carbons (Fsp3) is 0.263. The summed E-state index contributed by atoms with van der Waals surface area (Å²) >= 11 is 0. The summed E-state index contributed by atoms with van der Waals surface area (Å²) in [6.45, 7) is 0.462. The topological polar surface area (TPSA) is 84.0 Å². The maximum Gasteiger partial charge on any atom is 0.243 e. The lowest BCUT2D eigenvalue weighted by atomic mass is 10.2. The van der Waals surface area contributed by atoms with Crippen LogP contribution in [0.3, 0.4) is 0 Å². The van der Waals surface area contributed by atoms with Crippen molar-refractivity contribution in [1.29, 1.82) is 0 Å². The average molecular weight is 374 g/mol. The molecule has 8 heteroatoms. The predicted octanol–water partition coefficient (Wildman–Crippen LogP) is 2.15. The number of nitrogens with one attached hydrogen (secondary N) is 3. The van der Waals surface area contributed by atoms with E-state index in [-0.39, 0.29) is 18.3 Å². The molecule has 0 saturated carbocycles. The zero-order chi connectivity index (χ0) is 19.6. The molecule has 0 aliphatic rings. The second kappa shape index (κ2) is 10.0. The van der Waals surface area contributed by atoms with Crippen molar-refractivity contribution in [2.45, 2.75) is 6.54 Å². The number of amides is 1. The largest absolute Gasteiger partial charge is 0.497 e. The van der Waals surface area contributed by atoms with Crippen LogP contribution in [0.15, 0.2) is 47.5 Å². The Bertz CT molecular complexity index is 794. The first-order valence-electron chi connectivity index (χ1n) is 8.26. The molecule has 0 saturated heterocycles. The van der Waals surface area contributed by atoms with Gasteiger partial charge in [-0.2, -0.15) is 0 Å². The van der Waals surface area contributed by atoms with E-state index in [2.05, 4.69) is 20.9 Å². The van der Waals surface area contributed by atoms with Crippen molar-refractivity contribution in [3.05, 3.63) is 53.8 Å². The summed E-state index contributed by atoms with van der Waals surface area (Å²) in [6.07, 6.45) is 0. The SMILES string of the molecule is CN=C(NCC(=O)Nc1ccc(F)cc1)NCc1ccc(OC)cc1OC. The Labute approximate surface area is 157 Å². The number of ether oxygens (including phenoxy) is 2. The Hall–Kier alpha value is -3.29. The van der Waals surface area contributed by atoms with Crippen LogP contribution in [0.25, 0.3) is 0 Å². The van der Waals surface area contributed by atoms with Crippen molar-refractivity contribution in [1.82, 2.24) is 10.6 Å². The van der Waals surface area contributed by atoms with Gasteiger partial charge in [-0.3, -0.25) is 9.79 Å². The Morgan fingerprint density at radius 2 is 1.81 bits per heavy atom. The number of rotatable bonds is 7. The minimum atomic E-state index is -0.357. The molecule has 0 atom stereocenters. The fourth-order valence-electron chi connectivity index (χ4n) is 2.30. The van der Waals surface area contributed by atoms with Crippen molar-refractivity contribution in [3.8, 4) is 11.5 Å². The number of benzene rings is 2. The normalized spacial score (nSPS) is 10.9. The highest BCUT2D eigenvalue weighted by Crippen LogP contribution is 2.24. The van der Waals surface area contributed by atoms with Gasteiger partial charge in [0, 0.05) is 30.9 Å². The molecular formula is C19H23FN4O3. The highest BCUT2D eigenvalue weighted by atomic mass is 19.1. The number of nitrogens with zero attached hydrogens (tertiary/aromatic N) is 1. The molecule has 0 aliphatic heterocycles. The van der Waals surface area contributed by atoms with E-state index in [1.54, 1.807) is 27.3 Å². The van der Waals surface area contributed by atoms with E-state index in [9.17, 15) is 9.18 Å². The van der Waals surface area contributed by atoms with Crippen LogP contribution in [-0.4, -0.2) is 39.7 Å². The maximum absolute atomic E-state index is 12.9. The number of hydrogen-bond acceptors (Lipinski definition) is 4. The maximum atomic E-state index is 12.9. The highest BCUT2D eigenvalue weighted by molar-refractivity contribution is 5.94. The molecule has 3 N–H and O–H groups in total. The van der Waals surface area contributed by atoms with E-state index in [1.165, 1.54) is 24.3 Å². The lowest BCUT2D eigenvalue weighted by Gasteiger charge is -2.14. The summed E-state index contributed by atoms with van der Waals surface area (Å²) < 4.78 is 23.4. The second-order valence-electron chi connectivity index (χ2n) is 5.51. The van der Waals surface area contributed by atoms with Crippen LogP contribution in [0.5, 0.6) is 11.5 Å². The van der Waals surface area contributed by atoms with Crippen LogP contribution in [0.4, 0.5) is 10.1 Å². The third kappa shape index (κ3) is 6.18. The zero-order valence-corrected chi connectivity index (χ0v) is 15.5. The van der Waals surface area contributed by atoms with E-state index in [4.69, 9.17) is 9.47 Å². The summed E-state index contributed by atoms with van der Waals surface area (Å²) in [6, 6.07) is 11.1. The lowest BCUT2D eigenvalue weighted by molar-refractivity contribution is -0.115. The molecule has 0 aliphatic carbocycles. The number of aliphatic imine (C=N–C) groups is 1. The van der Waals surface area contributed by atoms with Gasteiger partial charge in [0.25, 0.3) is 0 Å². The first-order valence-corrected chi connectivity index (χ1v) is 8.26. The van der Waals surface area contributed by atoms with Crippen molar-refractivity contribution >= 4 is 17.6 Å². The molecular weight excluding hydrogens is 351 g/mol. The first kappa shape index (κ1) is 20.0. The Morgan fingerprint density at radius 1 is 1.07 bits per heavy atom. The minimum Gasteiger partial charge on any atom is -0.497 e. The van der Waals surface area contributed by atoms with Crippen LogP contribution in [0.2, 0.25) is 0 Å². The third-order valence-corrected chi connectivity index (χ3v) is 3.71. The number of carbonyl (C=O) groups excluding carboxylic acids is 1. The van der Waals surface area contributed by atoms with Crippen molar-refractivity contribution < 1.29 is 18.7 Å². The molecule has 0 radical (unpaired) electrons. The van der Waals surface area contributed by atoms with E-state index < -0.39 is 0 Å². The molecule has 2 rings (SSSR count). The van der Waals surface area contributed by atoms with Gasteiger partial charge in [0.05, 0.1) is 20.8 Å². The summed E-state index contributed by atoms with van der Waals surface area (Å²) in [4.78, 5) is 16.1. The first-order chi connectivity index (χ1) is 13.0. The molecule has 27 heavy (non-hydrogen) atoms. The molecule has 2 aromatic carbocycles. The molecule has 0 spiro atoms. The summed E-state index contributed by atoms with van der Waals surface area (Å²) in [5, 5.41) is 8.70. The van der Waals surface area contributed by atoms with Gasteiger partial charge in [0.2, 0.25) is 5.91 Å². The summed E-state index contributed by atoms with van der Waals surface area (Å²) in [5.74, 6) is 1.22. The Balaban J connectivity index is 1.85. The number of methoxy groups -OCH3 is 2. The van der Waals surface area contributed by atoms with Crippen LogP contribution in [0, 0.1) is 5.82 Å². The number of anilines is 1. The number of hydrogen-bond donors (Lipinski definition) is 3. The molecule has 2 aromatic rings. The van der Waals surface area contributed by atoms with Crippen LogP contribution >= 0.6 is 0 Å². The van der Waals surface area contributed by atoms with Gasteiger partial charge in [-0.1, -0.05) is 0 Å². The monoisotopic (exact) mass is 374 g/mol. The predicted molar refractivity (Wildman–Crippen MR) is 103 cm³/mol. The fourth-order valence-corrected chi connectivity index (χ4v) is 2.30. The second-order valence-corrected chi connectivity index (χ2v) is 5.51. The van der Waals surface area contributed by atoms with E-state index in [0.717, 1.165) is 5.56 Å². The van der Waals surface area contributed by atoms with Crippen LogP contribution < -0.4 is 25.4 Å². The summed E-state index contributed by atoms with van der Waals surface area (Å²) in [5.41, 5.74) is 1.44. The van der Waals surface area contributed by atoms with E-state index in [0.29, 0.717) is 29.7 Å². The third-order valence-electron chi connectivity index (χ3n) is 3.71. The number of guanidine groups is 1. The van der Waals surface area contributed by atoms with Gasteiger partial charge >= 0.3 is 0 Å². The molecule has 7 nitrogen and oxygen atoms in total. The molecule has 1 amide bonds. The van der Waals surface area contributed by atoms with Gasteiger partial charge in [0.15, 0.2) is 5.96 Å².